The molecule has 1 unspecified atom stereocenters. The van der Waals surface area contributed by atoms with Gasteiger partial charge in [0.25, 0.3) is 5.85 Å². The highest BCUT2D eigenvalue weighted by atomic mass is 32.1. The van der Waals surface area contributed by atoms with Crippen molar-refractivity contribution in [2.75, 3.05) is 6.56 Å². The highest BCUT2D eigenvalue weighted by Crippen LogP contribution is 2.56. The van der Waals surface area contributed by atoms with Crippen LogP contribution in [-0.4, -0.2) is 44.4 Å². The first-order chi connectivity index (χ1) is 15.3. The Labute approximate surface area is 181 Å². The molecule has 5 atom stereocenters. The third-order valence-electron chi connectivity index (χ3n) is 4.66. The zero-order chi connectivity index (χ0) is 24.3. The first-order valence-corrected chi connectivity index (χ1v) is 10.6. The number of hydrogen-bond donors (Lipinski definition) is 3. The van der Waals surface area contributed by atoms with Crippen molar-refractivity contribution in [2.45, 2.75) is 37.8 Å². The number of aromatic nitrogens is 2. The molecule has 1 fully saturated rings. The Kier molecular flexibility index (Phi) is 4.98. The fourth-order valence-corrected chi connectivity index (χ4v) is 4.35. The predicted molar refractivity (Wildman–Crippen MR) is 102 cm³/mol. The summed E-state index contributed by atoms with van der Waals surface area (Å²) in [7, 11) is -4.79. The average Bonchev–Trinajstić information content (AvgIpc) is 2.96. The molecule has 1 aromatic heterocycles. The minimum absolute atomic E-state index is 0.0863. The minimum atomic E-state index is -4.79. The molecule has 168 valence electrons. The number of phosphoric acid groups is 1. The first-order valence-electron chi connectivity index (χ1n) is 9.75. The van der Waals surface area contributed by atoms with E-state index < -0.39 is 54.8 Å². The lowest BCUT2D eigenvalue weighted by molar-refractivity contribution is -0.205. The monoisotopic (exact) mass is 480 g/mol. The standard InChI is InChI=1S/C17H17F2N2O8PS/c1-8-3-2-4-9-6-26-30(25,29-12(8)9)27-7-17(19)13(23)11(22)15(28-17)21-5-10(18)14(31)20-16(21)24/h2-5,11,13,15,22-23H,6-7H2,1H3,(H,20,24,31)/t11-,13+,15-,17-,30?/m1/s1/i7D2. The normalized spacial score (nSPS) is 33.9. The van der Waals surface area contributed by atoms with Gasteiger partial charge >= 0.3 is 13.5 Å². The van der Waals surface area contributed by atoms with Gasteiger partial charge in [-0.2, -0.15) is 0 Å². The third-order valence-corrected chi connectivity index (χ3v) is 6.12. The van der Waals surface area contributed by atoms with Crippen molar-refractivity contribution < 1.29 is 44.6 Å². The second-order valence-corrected chi connectivity index (χ2v) is 8.73. The molecular formula is C17H17F2N2O8PS. The largest absolute Gasteiger partial charge is 0.530 e. The fraction of sp³-hybridized carbons (Fsp3) is 0.412. The van der Waals surface area contributed by atoms with Crippen LogP contribution in [0.5, 0.6) is 5.75 Å². The minimum Gasteiger partial charge on any atom is -0.403 e. The van der Waals surface area contributed by atoms with Gasteiger partial charge in [-0.25, -0.2) is 18.1 Å². The van der Waals surface area contributed by atoms with Crippen LogP contribution in [0.2, 0.25) is 0 Å². The number of aliphatic hydroxyl groups excluding tert-OH is 2. The van der Waals surface area contributed by atoms with E-state index in [1.165, 1.54) is 0 Å². The summed E-state index contributed by atoms with van der Waals surface area (Å²) in [4.78, 5) is 14.0. The molecule has 2 aliphatic heterocycles. The smallest absolute Gasteiger partial charge is 0.403 e. The number of nitrogens with zero attached hydrogens (tertiary/aromatic N) is 1. The lowest BCUT2D eigenvalue weighted by atomic mass is 10.1. The van der Waals surface area contributed by atoms with E-state index >= 15 is 4.39 Å². The van der Waals surface area contributed by atoms with Crippen molar-refractivity contribution in [3.05, 3.63) is 56.5 Å². The van der Waals surface area contributed by atoms with Crippen molar-refractivity contribution in [1.29, 1.82) is 0 Å². The number of benzene rings is 1. The Morgan fingerprint density at radius 1 is 1.52 bits per heavy atom. The molecule has 0 bridgehead atoms. The molecule has 1 saturated heterocycles. The van der Waals surface area contributed by atoms with Crippen LogP contribution >= 0.6 is 20.0 Å². The maximum atomic E-state index is 15.7. The number of para-hydroxylation sites is 1. The number of aliphatic hydroxyl groups is 2. The van der Waals surface area contributed by atoms with Crippen LogP contribution in [-0.2, 0) is 25.0 Å². The number of rotatable bonds is 4. The second-order valence-electron chi connectivity index (χ2n) is 6.80. The summed E-state index contributed by atoms with van der Waals surface area (Å²) in [5.41, 5.74) is -0.135. The average molecular weight is 480 g/mol. The number of fused-ring (bicyclic) bond motifs is 1. The number of hydrogen-bond acceptors (Lipinski definition) is 9. The van der Waals surface area contributed by atoms with Crippen molar-refractivity contribution in [1.82, 2.24) is 9.55 Å². The van der Waals surface area contributed by atoms with E-state index in [0.29, 0.717) is 21.9 Å². The molecule has 0 aliphatic carbocycles. The van der Waals surface area contributed by atoms with Gasteiger partial charge in [-0.3, -0.25) is 18.6 Å². The molecule has 0 radical (unpaired) electrons. The van der Waals surface area contributed by atoms with Gasteiger partial charge in [-0.05, 0) is 12.5 Å². The van der Waals surface area contributed by atoms with E-state index in [-0.39, 0.29) is 12.4 Å². The molecule has 10 nitrogen and oxygen atoms in total. The SMILES string of the molecule is [2H]C([2H])(OP1(=O)OCc2cccc(C)c2O1)[C@@]1(F)O[C@@H](n2cc(F)c(=S)[nH]c2=O)[C@H](O)[C@@H]1O. The van der Waals surface area contributed by atoms with Crippen LogP contribution in [0.15, 0.2) is 29.2 Å². The van der Waals surface area contributed by atoms with Crippen LogP contribution in [0.25, 0.3) is 0 Å². The van der Waals surface area contributed by atoms with Crippen LogP contribution in [0.4, 0.5) is 8.78 Å². The van der Waals surface area contributed by atoms with E-state index in [0.717, 1.165) is 0 Å². The van der Waals surface area contributed by atoms with E-state index in [1.807, 2.05) is 4.98 Å². The fourth-order valence-electron chi connectivity index (χ4n) is 3.05. The molecule has 0 spiro atoms. The summed E-state index contributed by atoms with van der Waals surface area (Å²) in [5, 5.41) is 20.5. The molecule has 4 rings (SSSR count). The number of aromatic amines is 1. The number of ether oxygens (including phenoxy) is 1. The number of halogens is 2. The lowest BCUT2D eigenvalue weighted by Crippen LogP contribution is -2.43. The van der Waals surface area contributed by atoms with Crippen molar-refractivity contribution in [3.63, 3.8) is 0 Å². The maximum Gasteiger partial charge on any atom is 0.530 e. The summed E-state index contributed by atoms with van der Waals surface area (Å²) >= 11 is 4.56. The van der Waals surface area contributed by atoms with Crippen LogP contribution in [0.3, 0.4) is 0 Å². The summed E-state index contributed by atoms with van der Waals surface area (Å²) in [6.45, 7) is -2.44. The Bertz CT molecular complexity index is 1280. The van der Waals surface area contributed by atoms with Gasteiger partial charge in [0.15, 0.2) is 12.0 Å². The van der Waals surface area contributed by atoms with E-state index in [1.54, 1.807) is 25.1 Å². The van der Waals surface area contributed by atoms with E-state index in [9.17, 15) is 24.0 Å². The Morgan fingerprint density at radius 2 is 2.26 bits per heavy atom. The van der Waals surface area contributed by atoms with Crippen molar-refractivity contribution >= 4 is 20.0 Å². The van der Waals surface area contributed by atoms with Crippen LogP contribution in [0, 0.1) is 17.4 Å². The Hall–Kier alpha value is -1.99. The summed E-state index contributed by atoms with van der Waals surface area (Å²) in [6, 6.07) is 4.90. The topological polar surface area (TPSA) is 132 Å². The molecule has 3 heterocycles. The number of aryl methyl sites for hydroxylation is 1. The van der Waals surface area contributed by atoms with E-state index in [4.69, 9.17) is 21.0 Å². The molecule has 0 amide bonds. The zero-order valence-corrected chi connectivity index (χ0v) is 17.4. The molecule has 3 N–H and O–H groups in total. The summed E-state index contributed by atoms with van der Waals surface area (Å²) < 4.78 is 77.9. The highest BCUT2D eigenvalue weighted by Gasteiger charge is 2.57. The molecule has 14 heteroatoms. The first kappa shape index (κ1) is 19.7. The second kappa shape index (κ2) is 7.85. The van der Waals surface area contributed by atoms with Crippen molar-refractivity contribution in [2.24, 2.45) is 0 Å². The Morgan fingerprint density at radius 3 is 3.00 bits per heavy atom. The number of phosphoric ester groups is 1. The van der Waals surface area contributed by atoms with Gasteiger partial charge in [-0.1, -0.05) is 30.4 Å². The molecule has 31 heavy (non-hydrogen) atoms. The summed E-state index contributed by atoms with van der Waals surface area (Å²) in [5.74, 6) is -4.94. The van der Waals surface area contributed by atoms with E-state index in [2.05, 4.69) is 12.2 Å². The number of nitrogens with one attached hydrogen (secondary N) is 1. The maximum absolute atomic E-state index is 15.7. The number of H-pyrrole nitrogens is 1. The van der Waals surface area contributed by atoms with Gasteiger partial charge in [0.1, 0.15) is 29.2 Å². The van der Waals surface area contributed by atoms with Gasteiger partial charge < -0.3 is 19.5 Å². The molecule has 2 aliphatic rings. The van der Waals surface area contributed by atoms with Crippen molar-refractivity contribution in [3.8, 4) is 5.75 Å². The molecule has 0 saturated carbocycles. The van der Waals surface area contributed by atoms with Gasteiger partial charge in [0, 0.05) is 5.56 Å². The zero-order valence-electron chi connectivity index (χ0n) is 17.7. The molecule has 1 aromatic carbocycles. The van der Waals surface area contributed by atoms with Gasteiger partial charge in [0.05, 0.1) is 15.5 Å². The Balaban J connectivity index is 1.64. The third kappa shape index (κ3) is 3.98. The highest BCUT2D eigenvalue weighted by molar-refractivity contribution is 7.71. The quantitative estimate of drug-likeness (QED) is 0.444. The van der Waals surface area contributed by atoms with Gasteiger partial charge in [0.2, 0.25) is 0 Å². The van der Waals surface area contributed by atoms with Crippen LogP contribution < -0.4 is 10.2 Å². The summed E-state index contributed by atoms with van der Waals surface area (Å²) in [6.07, 6.45) is -6.55. The van der Waals surface area contributed by atoms with Gasteiger partial charge in [-0.15, -0.1) is 0 Å². The lowest BCUT2D eigenvalue weighted by Gasteiger charge is -2.29. The molecule has 2 aromatic rings. The predicted octanol–water partition coefficient (Wildman–Crippen LogP) is 2.00. The number of alkyl halides is 1. The molecular weight excluding hydrogens is 461 g/mol. The van der Waals surface area contributed by atoms with Crippen LogP contribution in [0.1, 0.15) is 20.1 Å².